The Balaban J connectivity index is 1.66. The van der Waals surface area contributed by atoms with E-state index in [4.69, 9.17) is 4.74 Å². The molecule has 7 heteroatoms. The van der Waals surface area contributed by atoms with Crippen LogP contribution in [0.2, 0.25) is 0 Å². The van der Waals surface area contributed by atoms with Crippen molar-refractivity contribution in [2.24, 2.45) is 0 Å². The van der Waals surface area contributed by atoms with Crippen LogP contribution < -0.4 is 14.4 Å². The van der Waals surface area contributed by atoms with Crippen molar-refractivity contribution in [3.63, 3.8) is 0 Å². The number of sulfonamides is 1. The van der Waals surface area contributed by atoms with Crippen LogP contribution in [0.4, 0.5) is 5.69 Å². The highest BCUT2D eigenvalue weighted by atomic mass is 32.2. The Morgan fingerprint density at radius 3 is 2.35 bits per heavy atom. The predicted octanol–water partition coefficient (Wildman–Crippen LogP) is 4.57. The fourth-order valence-electron chi connectivity index (χ4n) is 3.81. The van der Waals surface area contributed by atoms with E-state index in [2.05, 4.69) is 26.1 Å². The van der Waals surface area contributed by atoms with Gasteiger partial charge in [0.05, 0.1) is 17.1 Å². The number of carbonyl (C=O) groups excluding carboxylic acids is 1. The van der Waals surface area contributed by atoms with Gasteiger partial charge < -0.3 is 10.1 Å². The maximum Gasteiger partial charge on any atom is 0.264 e. The van der Waals surface area contributed by atoms with E-state index in [-0.39, 0.29) is 22.8 Å². The third kappa shape index (κ3) is 4.94. The van der Waals surface area contributed by atoms with Gasteiger partial charge in [-0.05, 0) is 47.7 Å². The summed E-state index contributed by atoms with van der Waals surface area (Å²) in [5.74, 6) is 0.00799. The zero-order valence-electron chi connectivity index (χ0n) is 19.9. The number of aryl methyl sites for hydroxylation is 1. The second-order valence-corrected chi connectivity index (χ2v) is 11.5. The number of benzene rings is 3. The van der Waals surface area contributed by atoms with Gasteiger partial charge >= 0.3 is 0 Å². The average Bonchev–Trinajstić information content (AvgIpc) is 2.82. The molecule has 3 aromatic rings. The van der Waals surface area contributed by atoms with E-state index < -0.39 is 16.1 Å². The Labute approximate surface area is 201 Å². The maximum absolute atomic E-state index is 13.6. The molecule has 1 aliphatic rings. The molecule has 0 saturated carbocycles. The molecule has 34 heavy (non-hydrogen) atoms. The fraction of sp³-hybridized carbons (Fsp3) is 0.296. The monoisotopic (exact) mass is 478 g/mol. The molecular formula is C27H30N2O4S. The van der Waals surface area contributed by atoms with E-state index in [1.54, 1.807) is 36.4 Å². The van der Waals surface area contributed by atoms with Gasteiger partial charge in [0.1, 0.15) is 5.75 Å². The summed E-state index contributed by atoms with van der Waals surface area (Å²) in [5.41, 5.74) is 3.33. The highest BCUT2D eigenvalue weighted by Gasteiger charge is 2.38. The van der Waals surface area contributed by atoms with Crippen LogP contribution >= 0.6 is 0 Å². The highest BCUT2D eigenvalue weighted by molar-refractivity contribution is 7.92. The Morgan fingerprint density at radius 2 is 1.71 bits per heavy atom. The first-order chi connectivity index (χ1) is 16.1. The van der Waals surface area contributed by atoms with Crippen molar-refractivity contribution in [2.45, 2.75) is 50.7 Å². The maximum atomic E-state index is 13.6. The normalized spacial score (nSPS) is 15.9. The number of hydrogen-bond donors (Lipinski definition) is 1. The molecule has 1 N–H and O–H groups in total. The van der Waals surface area contributed by atoms with Gasteiger partial charge in [-0.25, -0.2) is 8.42 Å². The molecule has 1 amide bonds. The van der Waals surface area contributed by atoms with Crippen molar-refractivity contribution in [1.29, 1.82) is 0 Å². The van der Waals surface area contributed by atoms with Crippen LogP contribution in [0, 0.1) is 6.92 Å². The van der Waals surface area contributed by atoms with Crippen LogP contribution in [0.1, 0.15) is 37.5 Å². The van der Waals surface area contributed by atoms with Crippen LogP contribution in [0.15, 0.2) is 77.7 Å². The van der Waals surface area contributed by atoms with Gasteiger partial charge in [0.15, 0.2) is 6.10 Å². The lowest BCUT2D eigenvalue weighted by atomic mass is 9.86. The molecule has 0 aromatic heterocycles. The molecule has 4 rings (SSSR count). The van der Waals surface area contributed by atoms with Gasteiger partial charge in [-0.2, -0.15) is 0 Å². The Bertz CT molecular complexity index is 1280. The summed E-state index contributed by atoms with van der Waals surface area (Å²) in [4.78, 5) is 13.2. The molecule has 6 nitrogen and oxygen atoms in total. The summed E-state index contributed by atoms with van der Waals surface area (Å²) in [6.45, 7) is 8.42. The number of hydrogen-bond acceptors (Lipinski definition) is 4. The first-order valence-electron chi connectivity index (χ1n) is 11.3. The fourth-order valence-corrected chi connectivity index (χ4v) is 5.30. The van der Waals surface area contributed by atoms with Gasteiger partial charge in [0.2, 0.25) is 0 Å². The Kier molecular flexibility index (Phi) is 6.41. The van der Waals surface area contributed by atoms with Gasteiger partial charge in [0, 0.05) is 6.54 Å². The minimum Gasteiger partial charge on any atom is -0.476 e. The van der Waals surface area contributed by atoms with Crippen LogP contribution in [0.25, 0.3) is 0 Å². The summed E-state index contributed by atoms with van der Waals surface area (Å²) in [6, 6.07) is 21.6. The lowest BCUT2D eigenvalue weighted by molar-refractivity contribution is -0.127. The Morgan fingerprint density at radius 1 is 1.03 bits per heavy atom. The van der Waals surface area contributed by atoms with E-state index in [0.29, 0.717) is 18.0 Å². The number of rotatable bonds is 5. The first kappa shape index (κ1) is 23.8. The Hall–Kier alpha value is -3.32. The zero-order chi connectivity index (χ0) is 24.5. The summed E-state index contributed by atoms with van der Waals surface area (Å²) in [6.07, 6.45) is -0.975. The van der Waals surface area contributed by atoms with Crippen LogP contribution in [-0.2, 0) is 26.8 Å². The zero-order valence-corrected chi connectivity index (χ0v) is 20.7. The number of amides is 1. The van der Waals surface area contributed by atoms with Crippen molar-refractivity contribution < 1.29 is 17.9 Å². The second kappa shape index (κ2) is 9.14. The number of anilines is 1. The van der Waals surface area contributed by atoms with Gasteiger partial charge in [-0.15, -0.1) is 0 Å². The van der Waals surface area contributed by atoms with Crippen molar-refractivity contribution in [3.8, 4) is 5.75 Å². The summed E-state index contributed by atoms with van der Waals surface area (Å²) in [7, 11) is -3.90. The molecule has 1 heterocycles. The summed E-state index contributed by atoms with van der Waals surface area (Å²) >= 11 is 0. The third-order valence-electron chi connectivity index (χ3n) is 5.91. The van der Waals surface area contributed by atoms with E-state index in [1.807, 2.05) is 43.3 Å². The van der Waals surface area contributed by atoms with Gasteiger partial charge in [-0.3, -0.25) is 9.10 Å². The average molecular weight is 479 g/mol. The SMILES string of the molecule is Cc1ccc(CNC(=O)C2CN(S(=O)(=O)c3ccccc3)c3cc(C(C)(C)C)ccc3O2)cc1. The standard InChI is InChI=1S/C27H30N2O4S/c1-19-10-12-20(13-11-19)17-28-26(30)25-18-29(34(31,32)22-8-6-5-7-9-22)23-16-21(27(2,3)4)14-15-24(23)33-25/h5-16,25H,17-18H2,1-4H3,(H,28,30). The molecule has 0 radical (unpaired) electrons. The van der Waals surface area contributed by atoms with Crippen LogP contribution in [0.3, 0.4) is 0 Å². The lowest BCUT2D eigenvalue weighted by Crippen LogP contribution is -2.50. The molecule has 0 saturated heterocycles. The largest absolute Gasteiger partial charge is 0.476 e. The molecule has 1 unspecified atom stereocenters. The highest BCUT2D eigenvalue weighted by Crippen LogP contribution is 2.40. The number of fused-ring (bicyclic) bond motifs is 1. The van der Waals surface area contributed by atoms with E-state index in [1.165, 1.54) is 4.31 Å². The molecule has 178 valence electrons. The smallest absolute Gasteiger partial charge is 0.264 e. The van der Waals surface area contributed by atoms with Crippen molar-refractivity contribution >= 4 is 21.6 Å². The number of ether oxygens (including phenoxy) is 1. The number of nitrogens with zero attached hydrogens (tertiary/aromatic N) is 1. The van der Waals surface area contributed by atoms with E-state index >= 15 is 0 Å². The number of carbonyl (C=O) groups is 1. The molecule has 0 fully saturated rings. The number of nitrogens with one attached hydrogen (secondary N) is 1. The first-order valence-corrected chi connectivity index (χ1v) is 12.7. The minimum absolute atomic E-state index is 0.114. The van der Waals surface area contributed by atoms with E-state index in [0.717, 1.165) is 16.7 Å². The molecular weight excluding hydrogens is 448 g/mol. The lowest BCUT2D eigenvalue weighted by Gasteiger charge is -2.36. The van der Waals surface area contributed by atoms with Crippen molar-refractivity contribution in [1.82, 2.24) is 5.32 Å². The summed E-state index contributed by atoms with van der Waals surface area (Å²) < 4.78 is 34.6. The van der Waals surface area contributed by atoms with Gasteiger partial charge in [0.25, 0.3) is 15.9 Å². The molecule has 1 aliphatic heterocycles. The second-order valence-electron chi connectivity index (χ2n) is 9.59. The molecule has 3 aromatic carbocycles. The van der Waals surface area contributed by atoms with Crippen LogP contribution in [-0.4, -0.2) is 27.0 Å². The summed E-state index contributed by atoms with van der Waals surface area (Å²) in [5, 5.41) is 2.88. The quantitative estimate of drug-likeness (QED) is 0.583. The van der Waals surface area contributed by atoms with Gasteiger partial charge in [-0.1, -0.05) is 74.9 Å². The van der Waals surface area contributed by atoms with Crippen molar-refractivity contribution in [3.05, 3.63) is 89.5 Å². The topological polar surface area (TPSA) is 75.7 Å². The van der Waals surface area contributed by atoms with Crippen LogP contribution in [0.5, 0.6) is 5.75 Å². The molecule has 1 atom stereocenters. The van der Waals surface area contributed by atoms with Crippen molar-refractivity contribution in [2.75, 3.05) is 10.8 Å². The molecule has 0 aliphatic carbocycles. The van der Waals surface area contributed by atoms with E-state index in [9.17, 15) is 13.2 Å². The molecule has 0 bridgehead atoms. The predicted molar refractivity (Wildman–Crippen MR) is 134 cm³/mol. The third-order valence-corrected chi connectivity index (χ3v) is 7.70. The molecule has 0 spiro atoms. The minimum atomic E-state index is -3.90.